The zero-order valence-corrected chi connectivity index (χ0v) is 8.96. The summed E-state index contributed by atoms with van der Waals surface area (Å²) in [5.41, 5.74) is 1.05. The van der Waals surface area contributed by atoms with Crippen molar-refractivity contribution in [1.29, 1.82) is 0 Å². The van der Waals surface area contributed by atoms with E-state index in [0.29, 0.717) is 13.1 Å². The second-order valence-corrected chi connectivity index (χ2v) is 3.67. The van der Waals surface area contributed by atoms with Crippen LogP contribution < -0.4 is 4.90 Å². The van der Waals surface area contributed by atoms with Gasteiger partial charge in [-0.1, -0.05) is 0 Å². The quantitative estimate of drug-likeness (QED) is 0.731. The molecule has 0 unspecified atom stereocenters. The predicted molar refractivity (Wildman–Crippen MR) is 59.0 cm³/mol. The molecule has 1 aliphatic heterocycles. The summed E-state index contributed by atoms with van der Waals surface area (Å²) in [7, 11) is 0. The largest absolute Gasteiger partial charge is 0.387 e. The van der Waals surface area contributed by atoms with Gasteiger partial charge in [-0.2, -0.15) is 0 Å². The maximum absolute atomic E-state index is 11.3. The van der Waals surface area contributed by atoms with Crippen LogP contribution in [0.5, 0.6) is 0 Å². The van der Waals surface area contributed by atoms with E-state index in [-0.39, 0.29) is 5.91 Å². The van der Waals surface area contributed by atoms with Crippen molar-refractivity contribution < 1.29 is 9.90 Å². The Labute approximate surface area is 94.3 Å². The van der Waals surface area contributed by atoms with Gasteiger partial charge in [0.25, 0.3) is 0 Å². The Morgan fingerprint density at radius 1 is 1.44 bits per heavy atom. The Balaban J connectivity index is 1.93. The monoisotopic (exact) mass is 220 g/mol. The van der Waals surface area contributed by atoms with E-state index >= 15 is 0 Å². The van der Waals surface area contributed by atoms with Crippen LogP contribution in [0.25, 0.3) is 0 Å². The second kappa shape index (κ2) is 4.94. The number of anilines is 1. The van der Waals surface area contributed by atoms with Gasteiger partial charge in [0, 0.05) is 26.2 Å². The van der Waals surface area contributed by atoms with E-state index in [0.717, 1.165) is 18.8 Å². The Hall–Kier alpha value is -1.62. The first-order valence-corrected chi connectivity index (χ1v) is 5.27. The van der Waals surface area contributed by atoms with E-state index in [9.17, 15) is 4.79 Å². The first-order valence-electron chi connectivity index (χ1n) is 5.27. The van der Waals surface area contributed by atoms with Gasteiger partial charge in [0.2, 0.25) is 5.91 Å². The molecule has 0 bridgehead atoms. The lowest BCUT2D eigenvalue weighted by Crippen LogP contribution is -2.49. The van der Waals surface area contributed by atoms with Crippen molar-refractivity contribution in [3.05, 3.63) is 24.5 Å². The molecule has 1 aromatic rings. The molecule has 85 valence electrons. The maximum Gasteiger partial charge on any atom is 0.248 e. The molecule has 16 heavy (non-hydrogen) atoms. The average molecular weight is 220 g/mol. The van der Waals surface area contributed by atoms with Gasteiger partial charge >= 0.3 is 0 Å². The number of amides is 1. The Kier molecular flexibility index (Phi) is 3.36. The molecule has 0 spiro atoms. The molecule has 5 nitrogen and oxygen atoms in total. The van der Waals surface area contributed by atoms with E-state index < -0.39 is 6.61 Å². The molecule has 1 saturated heterocycles. The van der Waals surface area contributed by atoms with E-state index in [1.807, 2.05) is 6.07 Å². The minimum absolute atomic E-state index is 0.195. The summed E-state index contributed by atoms with van der Waals surface area (Å²) >= 11 is 0. The van der Waals surface area contributed by atoms with E-state index in [1.165, 1.54) is 0 Å². The molecule has 0 aromatic carbocycles. The number of pyridine rings is 1. The standard InChI is InChI=1S/C11H14N3O2/c15-9-11(16)14-6-4-13(5-7-14)10-2-1-3-12-8-10/h1-2,8,15H,4-7,9H2. The summed E-state index contributed by atoms with van der Waals surface area (Å²) in [6.07, 6.45) is 4.50. The van der Waals surface area contributed by atoms with Crippen molar-refractivity contribution in [2.24, 2.45) is 0 Å². The number of nitrogens with zero attached hydrogens (tertiary/aromatic N) is 3. The van der Waals surface area contributed by atoms with Crippen LogP contribution in [-0.2, 0) is 4.79 Å². The van der Waals surface area contributed by atoms with Crippen molar-refractivity contribution >= 4 is 11.6 Å². The number of carbonyl (C=O) groups excluding carboxylic acids is 1. The third-order valence-electron chi connectivity index (χ3n) is 2.73. The molecule has 5 heteroatoms. The highest BCUT2D eigenvalue weighted by Crippen LogP contribution is 2.13. The Bertz CT molecular complexity index is 348. The van der Waals surface area contributed by atoms with Gasteiger partial charge in [0.1, 0.15) is 6.61 Å². The van der Waals surface area contributed by atoms with Crippen LogP contribution in [0.4, 0.5) is 5.69 Å². The fraction of sp³-hybridized carbons (Fsp3) is 0.455. The average Bonchev–Trinajstić information content (AvgIpc) is 2.39. The molecule has 1 radical (unpaired) electrons. The highest BCUT2D eigenvalue weighted by atomic mass is 16.3. The summed E-state index contributed by atoms with van der Waals surface area (Å²) in [5.74, 6) is -0.195. The first kappa shape index (κ1) is 10.9. The molecule has 1 aromatic heterocycles. The SMILES string of the molecule is O=C(CO)N1CCN(c2cc[c]nc2)CC1. The first-order chi connectivity index (χ1) is 7.81. The molecule has 1 amide bonds. The number of hydrogen-bond donors (Lipinski definition) is 1. The van der Waals surface area contributed by atoms with Gasteiger partial charge in [-0.3, -0.25) is 9.78 Å². The second-order valence-electron chi connectivity index (χ2n) is 3.67. The lowest BCUT2D eigenvalue weighted by atomic mass is 10.2. The minimum atomic E-state index is -0.401. The fourth-order valence-corrected chi connectivity index (χ4v) is 1.81. The van der Waals surface area contributed by atoms with Crippen molar-refractivity contribution in [2.75, 3.05) is 37.7 Å². The number of aromatic nitrogens is 1. The van der Waals surface area contributed by atoms with Crippen LogP contribution in [0.15, 0.2) is 18.3 Å². The zero-order chi connectivity index (χ0) is 11.4. The summed E-state index contributed by atoms with van der Waals surface area (Å²) < 4.78 is 0. The predicted octanol–water partition coefficient (Wildman–Crippen LogP) is -0.477. The van der Waals surface area contributed by atoms with Gasteiger partial charge < -0.3 is 14.9 Å². The van der Waals surface area contributed by atoms with Gasteiger partial charge in [-0.15, -0.1) is 0 Å². The molecular formula is C11H14N3O2. The highest BCUT2D eigenvalue weighted by molar-refractivity contribution is 5.77. The smallest absolute Gasteiger partial charge is 0.248 e. The Morgan fingerprint density at radius 3 is 2.75 bits per heavy atom. The topological polar surface area (TPSA) is 56.7 Å². The van der Waals surface area contributed by atoms with Gasteiger partial charge in [-0.25, -0.2) is 0 Å². The number of piperazine rings is 1. The Morgan fingerprint density at radius 2 is 2.19 bits per heavy atom. The molecule has 2 heterocycles. The number of hydrogen-bond acceptors (Lipinski definition) is 4. The van der Waals surface area contributed by atoms with Crippen LogP contribution in [0.3, 0.4) is 0 Å². The summed E-state index contributed by atoms with van der Waals surface area (Å²) in [6.45, 7) is 2.45. The van der Waals surface area contributed by atoms with Crippen LogP contribution in [0.2, 0.25) is 0 Å². The fourth-order valence-electron chi connectivity index (χ4n) is 1.81. The summed E-state index contributed by atoms with van der Waals surface area (Å²) in [5, 5.41) is 8.75. The molecule has 2 rings (SSSR count). The van der Waals surface area contributed by atoms with Crippen molar-refractivity contribution in [3.63, 3.8) is 0 Å². The van der Waals surface area contributed by atoms with E-state index in [2.05, 4.69) is 16.1 Å². The number of aliphatic hydroxyl groups is 1. The third kappa shape index (κ3) is 2.30. The minimum Gasteiger partial charge on any atom is -0.387 e. The van der Waals surface area contributed by atoms with E-state index in [1.54, 1.807) is 17.2 Å². The van der Waals surface area contributed by atoms with Gasteiger partial charge in [-0.05, 0) is 12.1 Å². The van der Waals surface area contributed by atoms with Crippen LogP contribution in [0, 0.1) is 6.20 Å². The van der Waals surface area contributed by atoms with Crippen molar-refractivity contribution in [1.82, 2.24) is 9.88 Å². The lowest BCUT2D eigenvalue weighted by Gasteiger charge is -2.35. The van der Waals surface area contributed by atoms with Gasteiger partial charge in [0.05, 0.1) is 18.1 Å². The lowest BCUT2D eigenvalue weighted by molar-refractivity contribution is -0.134. The number of carbonyl (C=O) groups is 1. The molecule has 0 atom stereocenters. The molecule has 0 saturated carbocycles. The molecule has 1 aliphatic rings. The van der Waals surface area contributed by atoms with Crippen LogP contribution in [-0.4, -0.2) is 53.7 Å². The van der Waals surface area contributed by atoms with E-state index in [4.69, 9.17) is 5.11 Å². The normalized spacial score (nSPS) is 16.3. The number of aliphatic hydroxyl groups excluding tert-OH is 1. The van der Waals surface area contributed by atoms with Crippen LogP contribution >= 0.6 is 0 Å². The number of rotatable bonds is 2. The third-order valence-corrected chi connectivity index (χ3v) is 2.73. The van der Waals surface area contributed by atoms with Crippen molar-refractivity contribution in [2.45, 2.75) is 0 Å². The van der Waals surface area contributed by atoms with Crippen LogP contribution in [0.1, 0.15) is 0 Å². The highest BCUT2D eigenvalue weighted by Gasteiger charge is 2.20. The molecular weight excluding hydrogens is 206 g/mol. The summed E-state index contributed by atoms with van der Waals surface area (Å²) in [6, 6.07) is 3.73. The maximum atomic E-state index is 11.3. The van der Waals surface area contributed by atoms with Gasteiger partial charge in [0.15, 0.2) is 0 Å². The zero-order valence-electron chi connectivity index (χ0n) is 8.96. The van der Waals surface area contributed by atoms with Crippen molar-refractivity contribution in [3.8, 4) is 0 Å². The molecule has 1 fully saturated rings. The molecule has 1 N–H and O–H groups in total. The molecule has 0 aliphatic carbocycles. The summed E-state index contributed by atoms with van der Waals surface area (Å²) in [4.78, 5) is 19.0.